The molecule has 2 rings (SSSR count). The summed E-state index contributed by atoms with van der Waals surface area (Å²) in [6.45, 7) is 4.99. The van der Waals surface area contributed by atoms with Crippen LogP contribution in [-0.4, -0.2) is 21.8 Å². The van der Waals surface area contributed by atoms with Gasteiger partial charge in [-0.05, 0) is 44.0 Å². The van der Waals surface area contributed by atoms with Gasteiger partial charge in [0, 0.05) is 0 Å². The van der Waals surface area contributed by atoms with Gasteiger partial charge < -0.3 is 20.7 Å². The van der Waals surface area contributed by atoms with E-state index in [0.29, 0.717) is 18.1 Å². The zero-order chi connectivity index (χ0) is 15.2. The van der Waals surface area contributed by atoms with Crippen LogP contribution in [0.25, 0.3) is 0 Å². The van der Waals surface area contributed by atoms with E-state index in [1.807, 2.05) is 19.1 Å². The van der Waals surface area contributed by atoms with Crippen LogP contribution in [0.3, 0.4) is 0 Å². The third-order valence-corrected chi connectivity index (χ3v) is 3.25. The Morgan fingerprint density at radius 2 is 2.05 bits per heavy atom. The summed E-state index contributed by atoms with van der Waals surface area (Å²) in [5, 5.41) is 16.5. The van der Waals surface area contributed by atoms with E-state index in [-0.39, 0.29) is 17.8 Å². The third-order valence-electron chi connectivity index (χ3n) is 3.25. The monoisotopic (exact) mass is 290 g/mol. The van der Waals surface area contributed by atoms with Crippen molar-refractivity contribution in [3.8, 4) is 5.75 Å². The highest BCUT2D eigenvalue weighted by molar-refractivity contribution is 5.26. The molecule has 114 valence electrons. The fourth-order valence-corrected chi connectivity index (χ4v) is 2.00. The molecule has 6 nitrogen and oxygen atoms in total. The largest absolute Gasteiger partial charge is 0.508 e. The van der Waals surface area contributed by atoms with Crippen molar-refractivity contribution in [1.29, 1.82) is 0 Å². The number of rotatable bonds is 7. The van der Waals surface area contributed by atoms with Gasteiger partial charge in [-0.25, -0.2) is 0 Å². The summed E-state index contributed by atoms with van der Waals surface area (Å²) >= 11 is 0. The number of hydrogen-bond donors (Lipinski definition) is 3. The Balaban J connectivity index is 1.98. The number of nitrogens with zero attached hydrogens (tertiary/aromatic N) is 2. The smallest absolute Gasteiger partial charge is 0.243 e. The maximum absolute atomic E-state index is 9.27. The predicted molar refractivity (Wildman–Crippen MR) is 79.7 cm³/mol. The van der Waals surface area contributed by atoms with Crippen LogP contribution in [0.15, 0.2) is 28.8 Å². The average molecular weight is 290 g/mol. The Kier molecular flexibility index (Phi) is 5.30. The Hall–Kier alpha value is -1.92. The quantitative estimate of drug-likeness (QED) is 0.722. The Morgan fingerprint density at radius 1 is 1.33 bits per heavy atom. The molecule has 0 amide bonds. The number of phenols is 1. The fraction of sp³-hybridized carbons (Fsp3) is 0.467. The molecular weight excluding hydrogens is 268 g/mol. The van der Waals surface area contributed by atoms with Crippen molar-refractivity contribution in [3.63, 3.8) is 0 Å². The molecule has 0 saturated carbocycles. The molecule has 0 spiro atoms. The fourth-order valence-electron chi connectivity index (χ4n) is 2.00. The predicted octanol–water partition coefficient (Wildman–Crippen LogP) is 2.08. The van der Waals surface area contributed by atoms with Crippen LogP contribution < -0.4 is 11.1 Å². The lowest BCUT2D eigenvalue weighted by Crippen LogP contribution is -2.20. The van der Waals surface area contributed by atoms with Crippen molar-refractivity contribution in [2.45, 2.75) is 38.8 Å². The normalized spacial score (nSPS) is 14.0. The second-order valence-corrected chi connectivity index (χ2v) is 5.14. The van der Waals surface area contributed by atoms with E-state index in [9.17, 15) is 5.11 Å². The topological polar surface area (TPSA) is 97.2 Å². The van der Waals surface area contributed by atoms with Gasteiger partial charge in [-0.3, -0.25) is 0 Å². The summed E-state index contributed by atoms with van der Waals surface area (Å²) < 4.78 is 5.26. The molecule has 21 heavy (non-hydrogen) atoms. The van der Waals surface area contributed by atoms with Gasteiger partial charge in [0.1, 0.15) is 5.75 Å². The minimum atomic E-state index is -0.328. The van der Waals surface area contributed by atoms with E-state index < -0.39 is 0 Å². The summed E-state index contributed by atoms with van der Waals surface area (Å²) in [6.07, 6.45) is 1.64. The first-order valence-electron chi connectivity index (χ1n) is 7.20. The molecule has 0 bridgehead atoms. The Labute approximate surface area is 124 Å². The molecule has 0 aliphatic carbocycles. The van der Waals surface area contributed by atoms with Gasteiger partial charge >= 0.3 is 0 Å². The lowest BCUT2D eigenvalue weighted by Gasteiger charge is -2.08. The van der Waals surface area contributed by atoms with Gasteiger partial charge in [-0.2, -0.15) is 4.98 Å². The number of aromatic hydroxyl groups is 1. The summed E-state index contributed by atoms with van der Waals surface area (Å²) in [5.41, 5.74) is 7.13. The maximum atomic E-state index is 9.27. The lowest BCUT2D eigenvalue weighted by molar-refractivity contribution is 0.335. The Bertz CT molecular complexity index is 553. The molecule has 0 unspecified atom stereocenters. The van der Waals surface area contributed by atoms with E-state index in [2.05, 4.69) is 22.4 Å². The van der Waals surface area contributed by atoms with Gasteiger partial charge in [0.25, 0.3) is 0 Å². The Morgan fingerprint density at radius 3 is 2.71 bits per heavy atom. The first-order valence-corrected chi connectivity index (χ1v) is 7.20. The zero-order valence-electron chi connectivity index (χ0n) is 12.4. The van der Waals surface area contributed by atoms with Crippen LogP contribution in [0.5, 0.6) is 5.75 Å². The number of aromatic nitrogens is 2. The first-order chi connectivity index (χ1) is 10.1. The number of hydrogen-bond acceptors (Lipinski definition) is 6. The highest BCUT2D eigenvalue weighted by Gasteiger charge is 2.18. The van der Waals surface area contributed by atoms with Crippen molar-refractivity contribution in [2.24, 2.45) is 5.73 Å². The van der Waals surface area contributed by atoms with Gasteiger partial charge in [0.05, 0.1) is 12.1 Å². The van der Waals surface area contributed by atoms with E-state index in [1.165, 1.54) is 0 Å². The minimum absolute atomic E-state index is 0.0204. The van der Waals surface area contributed by atoms with Crippen molar-refractivity contribution in [3.05, 3.63) is 41.5 Å². The molecule has 0 aliphatic heterocycles. The van der Waals surface area contributed by atoms with Gasteiger partial charge in [-0.15, -0.1) is 0 Å². The highest BCUT2D eigenvalue weighted by Crippen LogP contribution is 2.18. The molecule has 1 aromatic carbocycles. The van der Waals surface area contributed by atoms with Crippen LogP contribution in [0.4, 0.5) is 0 Å². The molecule has 0 saturated heterocycles. The van der Waals surface area contributed by atoms with Gasteiger partial charge in [0.2, 0.25) is 5.89 Å². The van der Waals surface area contributed by atoms with Crippen LogP contribution in [-0.2, 0) is 6.42 Å². The number of phenolic OH excluding ortho intramolecular Hbond substituents is 1. The molecule has 2 atom stereocenters. The number of nitrogens with one attached hydrogen (secondary N) is 1. The SMILES string of the molecule is CCCN[C@@H](C)c1nc([C@@H](N)Cc2ccc(O)cc2)no1. The number of benzene rings is 1. The van der Waals surface area contributed by atoms with Gasteiger partial charge in [0.15, 0.2) is 5.82 Å². The third kappa shape index (κ3) is 4.27. The van der Waals surface area contributed by atoms with Crippen LogP contribution in [0.2, 0.25) is 0 Å². The van der Waals surface area contributed by atoms with Crippen molar-refractivity contribution < 1.29 is 9.63 Å². The van der Waals surface area contributed by atoms with E-state index >= 15 is 0 Å². The first kappa shape index (κ1) is 15.5. The van der Waals surface area contributed by atoms with E-state index in [4.69, 9.17) is 10.3 Å². The molecular formula is C15H22N4O2. The molecule has 2 aromatic rings. The van der Waals surface area contributed by atoms with E-state index in [0.717, 1.165) is 18.5 Å². The molecule has 6 heteroatoms. The van der Waals surface area contributed by atoms with Crippen LogP contribution in [0, 0.1) is 0 Å². The minimum Gasteiger partial charge on any atom is -0.508 e. The molecule has 4 N–H and O–H groups in total. The van der Waals surface area contributed by atoms with Gasteiger partial charge in [-0.1, -0.05) is 24.2 Å². The summed E-state index contributed by atoms with van der Waals surface area (Å²) in [6, 6.07) is 6.64. The number of nitrogens with two attached hydrogens (primary N) is 1. The molecule has 0 fully saturated rings. The summed E-state index contributed by atoms with van der Waals surface area (Å²) in [5.74, 6) is 1.30. The maximum Gasteiger partial charge on any atom is 0.243 e. The summed E-state index contributed by atoms with van der Waals surface area (Å²) in [4.78, 5) is 4.36. The molecule has 0 aliphatic rings. The second-order valence-electron chi connectivity index (χ2n) is 5.14. The average Bonchev–Trinajstić information content (AvgIpc) is 2.97. The lowest BCUT2D eigenvalue weighted by atomic mass is 10.1. The highest BCUT2D eigenvalue weighted by atomic mass is 16.5. The molecule has 0 radical (unpaired) electrons. The van der Waals surface area contributed by atoms with Crippen LogP contribution in [0.1, 0.15) is 49.6 Å². The van der Waals surface area contributed by atoms with Crippen molar-refractivity contribution in [2.75, 3.05) is 6.54 Å². The van der Waals surface area contributed by atoms with Crippen molar-refractivity contribution in [1.82, 2.24) is 15.5 Å². The molecule has 1 heterocycles. The molecule has 1 aromatic heterocycles. The van der Waals surface area contributed by atoms with Crippen molar-refractivity contribution >= 4 is 0 Å². The zero-order valence-corrected chi connectivity index (χ0v) is 12.4. The second kappa shape index (κ2) is 7.19. The van der Waals surface area contributed by atoms with Crippen LogP contribution >= 0.6 is 0 Å². The summed E-state index contributed by atoms with van der Waals surface area (Å²) in [7, 11) is 0. The standard InChI is InChI=1S/C15H22N4O2/c1-3-8-17-10(2)15-18-14(19-21-15)13(16)9-11-4-6-12(20)7-5-11/h4-7,10,13,17,20H,3,8-9,16H2,1-2H3/t10-,13-/m0/s1. The van der Waals surface area contributed by atoms with E-state index in [1.54, 1.807) is 12.1 Å².